The van der Waals surface area contributed by atoms with Crippen molar-refractivity contribution < 1.29 is 0 Å². The molecule has 0 atom stereocenters. The van der Waals surface area contributed by atoms with E-state index in [1.807, 2.05) is 11.6 Å². The molecule has 12 heavy (non-hydrogen) atoms. The van der Waals surface area contributed by atoms with Crippen molar-refractivity contribution in [2.75, 3.05) is 11.9 Å². The quantitative estimate of drug-likeness (QED) is 0.778. The standard InChI is InChI=1S/C9H16N2S/c1-4-9(2,3)7-11-8-10-5-6-12-8/h5-6H,4,7H2,1-3H3,(H,10,11). The molecule has 0 spiro atoms. The number of thiazole rings is 1. The molecule has 3 heteroatoms. The molecule has 1 N–H and O–H groups in total. The maximum atomic E-state index is 4.16. The number of rotatable bonds is 4. The summed E-state index contributed by atoms with van der Waals surface area (Å²) in [5.41, 5.74) is 0.367. The summed E-state index contributed by atoms with van der Waals surface area (Å²) in [6, 6.07) is 0. The smallest absolute Gasteiger partial charge is 0.182 e. The molecule has 2 nitrogen and oxygen atoms in total. The second kappa shape index (κ2) is 3.90. The first kappa shape index (κ1) is 9.52. The Morgan fingerprint density at radius 1 is 1.58 bits per heavy atom. The summed E-state index contributed by atoms with van der Waals surface area (Å²) >= 11 is 1.65. The van der Waals surface area contributed by atoms with Gasteiger partial charge in [-0.15, -0.1) is 11.3 Å². The first-order valence-corrected chi connectivity index (χ1v) is 5.15. The molecule has 0 radical (unpaired) electrons. The monoisotopic (exact) mass is 184 g/mol. The van der Waals surface area contributed by atoms with E-state index in [0.29, 0.717) is 5.41 Å². The molecule has 1 aromatic heterocycles. The van der Waals surface area contributed by atoms with E-state index in [1.54, 1.807) is 11.3 Å². The topological polar surface area (TPSA) is 24.9 Å². The second-order valence-electron chi connectivity index (χ2n) is 3.71. The highest BCUT2D eigenvalue weighted by Gasteiger charge is 2.14. The summed E-state index contributed by atoms with van der Waals surface area (Å²) < 4.78 is 0. The average molecular weight is 184 g/mol. The fourth-order valence-corrected chi connectivity index (χ4v) is 1.28. The van der Waals surface area contributed by atoms with Crippen LogP contribution in [0.4, 0.5) is 5.13 Å². The lowest BCUT2D eigenvalue weighted by Gasteiger charge is -2.22. The van der Waals surface area contributed by atoms with Crippen molar-refractivity contribution in [3.8, 4) is 0 Å². The van der Waals surface area contributed by atoms with Crippen LogP contribution < -0.4 is 5.32 Å². The molecular weight excluding hydrogens is 168 g/mol. The highest BCUT2D eigenvalue weighted by molar-refractivity contribution is 7.13. The highest BCUT2D eigenvalue weighted by atomic mass is 32.1. The van der Waals surface area contributed by atoms with Crippen LogP contribution in [0.1, 0.15) is 27.2 Å². The van der Waals surface area contributed by atoms with E-state index < -0.39 is 0 Å². The molecule has 0 saturated heterocycles. The Balaban J connectivity index is 2.36. The third-order valence-electron chi connectivity index (χ3n) is 2.11. The first-order valence-electron chi connectivity index (χ1n) is 4.27. The van der Waals surface area contributed by atoms with E-state index in [2.05, 4.69) is 31.1 Å². The summed E-state index contributed by atoms with van der Waals surface area (Å²) in [5, 5.41) is 6.34. The largest absolute Gasteiger partial charge is 0.361 e. The zero-order chi connectivity index (χ0) is 9.03. The van der Waals surface area contributed by atoms with Crippen LogP contribution in [0.2, 0.25) is 0 Å². The molecule has 0 bridgehead atoms. The van der Waals surface area contributed by atoms with Gasteiger partial charge in [0.15, 0.2) is 5.13 Å². The van der Waals surface area contributed by atoms with Crippen molar-refractivity contribution in [3.05, 3.63) is 11.6 Å². The lowest BCUT2D eigenvalue weighted by Crippen LogP contribution is -2.21. The summed E-state index contributed by atoms with van der Waals surface area (Å²) in [7, 11) is 0. The Labute approximate surface area is 78.0 Å². The van der Waals surface area contributed by atoms with Crippen molar-refractivity contribution in [1.82, 2.24) is 4.98 Å². The van der Waals surface area contributed by atoms with Crippen molar-refractivity contribution in [3.63, 3.8) is 0 Å². The molecule has 0 unspecified atom stereocenters. The number of nitrogens with zero attached hydrogens (tertiary/aromatic N) is 1. The van der Waals surface area contributed by atoms with Gasteiger partial charge < -0.3 is 5.32 Å². The zero-order valence-corrected chi connectivity index (χ0v) is 8.74. The van der Waals surface area contributed by atoms with Gasteiger partial charge >= 0.3 is 0 Å². The van der Waals surface area contributed by atoms with Gasteiger partial charge in [-0.1, -0.05) is 20.8 Å². The van der Waals surface area contributed by atoms with Gasteiger partial charge in [-0.05, 0) is 11.8 Å². The Kier molecular flexibility index (Phi) is 3.09. The molecule has 68 valence electrons. The minimum atomic E-state index is 0.367. The van der Waals surface area contributed by atoms with Crippen molar-refractivity contribution in [2.24, 2.45) is 5.41 Å². The van der Waals surface area contributed by atoms with Gasteiger partial charge in [0.25, 0.3) is 0 Å². The number of hydrogen-bond donors (Lipinski definition) is 1. The molecule has 0 aliphatic carbocycles. The van der Waals surface area contributed by atoms with Crippen LogP contribution in [0.25, 0.3) is 0 Å². The average Bonchev–Trinajstić information content (AvgIpc) is 2.53. The van der Waals surface area contributed by atoms with E-state index in [1.165, 1.54) is 6.42 Å². The lowest BCUT2D eigenvalue weighted by molar-refractivity contribution is 0.377. The molecule has 0 amide bonds. The maximum absolute atomic E-state index is 4.16. The van der Waals surface area contributed by atoms with Crippen LogP contribution in [-0.2, 0) is 0 Å². The highest BCUT2D eigenvalue weighted by Crippen LogP contribution is 2.21. The summed E-state index contributed by atoms with van der Waals surface area (Å²) in [5.74, 6) is 0. The molecule has 1 heterocycles. The molecule has 1 rings (SSSR count). The third-order valence-corrected chi connectivity index (χ3v) is 2.84. The normalized spacial score (nSPS) is 11.6. The van der Waals surface area contributed by atoms with Gasteiger partial charge in [-0.25, -0.2) is 4.98 Å². The van der Waals surface area contributed by atoms with Gasteiger partial charge in [0.05, 0.1) is 0 Å². The van der Waals surface area contributed by atoms with Crippen LogP contribution in [-0.4, -0.2) is 11.5 Å². The summed E-state index contributed by atoms with van der Waals surface area (Å²) in [6.45, 7) is 7.72. The van der Waals surface area contributed by atoms with Crippen molar-refractivity contribution in [1.29, 1.82) is 0 Å². The van der Waals surface area contributed by atoms with Crippen LogP contribution in [0.5, 0.6) is 0 Å². The maximum Gasteiger partial charge on any atom is 0.182 e. The Morgan fingerprint density at radius 2 is 2.33 bits per heavy atom. The van der Waals surface area contributed by atoms with Gasteiger partial charge in [-0.2, -0.15) is 0 Å². The molecular formula is C9H16N2S. The first-order chi connectivity index (χ1) is 5.64. The van der Waals surface area contributed by atoms with Crippen molar-refractivity contribution in [2.45, 2.75) is 27.2 Å². The predicted octanol–water partition coefficient (Wildman–Crippen LogP) is 2.99. The third kappa shape index (κ3) is 2.81. The van der Waals surface area contributed by atoms with Gasteiger partial charge in [-0.3, -0.25) is 0 Å². The number of anilines is 1. The fraction of sp³-hybridized carbons (Fsp3) is 0.667. The summed E-state index contributed by atoms with van der Waals surface area (Å²) in [4.78, 5) is 4.16. The zero-order valence-electron chi connectivity index (χ0n) is 7.92. The van der Waals surface area contributed by atoms with Gasteiger partial charge in [0.2, 0.25) is 0 Å². The minimum Gasteiger partial charge on any atom is -0.361 e. The van der Waals surface area contributed by atoms with Crippen LogP contribution in [0.15, 0.2) is 11.6 Å². The van der Waals surface area contributed by atoms with E-state index in [9.17, 15) is 0 Å². The number of nitrogens with one attached hydrogen (secondary N) is 1. The van der Waals surface area contributed by atoms with E-state index in [4.69, 9.17) is 0 Å². The van der Waals surface area contributed by atoms with E-state index >= 15 is 0 Å². The van der Waals surface area contributed by atoms with Crippen molar-refractivity contribution >= 4 is 16.5 Å². The molecule has 0 aliphatic rings. The molecule has 0 aliphatic heterocycles. The predicted molar refractivity (Wildman–Crippen MR) is 54.7 cm³/mol. The van der Waals surface area contributed by atoms with Gasteiger partial charge in [0.1, 0.15) is 0 Å². The van der Waals surface area contributed by atoms with Crippen LogP contribution in [0, 0.1) is 5.41 Å². The Morgan fingerprint density at radius 3 is 2.83 bits per heavy atom. The van der Waals surface area contributed by atoms with Crippen LogP contribution >= 0.6 is 11.3 Å². The number of hydrogen-bond acceptors (Lipinski definition) is 3. The van der Waals surface area contributed by atoms with E-state index in [0.717, 1.165) is 11.7 Å². The molecule has 1 aromatic rings. The van der Waals surface area contributed by atoms with E-state index in [-0.39, 0.29) is 0 Å². The second-order valence-corrected chi connectivity index (χ2v) is 4.60. The Hall–Kier alpha value is -0.570. The number of aromatic nitrogens is 1. The van der Waals surface area contributed by atoms with Crippen LogP contribution in [0.3, 0.4) is 0 Å². The molecule has 0 aromatic carbocycles. The molecule has 0 fully saturated rings. The fourth-order valence-electron chi connectivity index (χ4n) is 0.751. The van der Waals surface area contributed by atoms with Gasteiger partial charge in [0, 0.05) is 18.1 Å². The molecule has 0 saturated carbocycles. The minimum absolute atomic E-state index is 0.367. The SMILES string of the molecule is CCC(C)(C)CNc1nccs1. The summed E-state index contributed by atoms with van der Waals surface area (Å²) in [6.07, 6.45) is 3.01. The lowest BCUT2D eigenvalue weighted by atomic mass is 9.90. The Bertz CT molecular complexity index is 216.